The first kappa shape index (κ1) is 31.7. The standard InChI is InChI=1S/C23H21.C9H18.C5H5.2ClH.Zr/c1-22(2)7-5-14-10-18-16(12-20(14)22)9-17-13-21-15(11-19(17)18)6-8-23(21,3)4;1-3-5-7-9-8-6-4-2;1-2-4-5-3-1;;;/h5-13H,1-4H3;3-8H2,1-2H3;1-3H,4H2;2*1H;/q;;;;;+2/p-2. The Balaban J connectivity index is 0.00000185. The molecular formula is C37H44Cl2Zr. The minimum Gasteiger partial charge on any atom is -1.00 e. The third-order valence-electron chi connectivity index (χ3n) is 9.55. The average molecular weight is 651 g/mol. The number of hydrogen-bond donors (Lipinski definition) is 0. The molecule has 2 aromatic rings. The van der Waals surface area contributed by atoms with Gasteiger partial charge in [-0.1, -0.05) is 0 Å². The summed E-state index contributed by atoms with van der Waals surface area (Å²) in [6, 6.07) is 10.5. The molecule has 0 saturated heterocycles. The van der Waals surface area contributed by atoms with Crippen LogP contribution in [0.1, 0.15) is 123 Å². The van der Waals surface area contributed by atoms with Crippen LogP contribution in [0.2, 0.25) is 0 Å². The van der Waals surface area contributed by atoms with Crippen molar-refractivity contribution in [3.05, 3.63) is 91.3 Å². The van der Waals surface area contributed by atoms with E-state index in [0.29, 0.717) is 3.63 Å². The molecule has 0 atom stereocenters. The summed E-state index contributed by atoms with van der Waals surface area (Å²) in [5, 5.41) is 0. The van der Waals surface area contributed by atoms with E-state index in [-0.39, 0.29) is 35.6 Å². The molecule has 0 unspecified atom stereocenters. The van der Waals surface area contributed by atoms with Gasteiger partial charge in [0, 0.05) is 0 Å². The molecule has 0 fully saturated rings. The van der Waals surface area contributed by atoms with Crippen LogP contribution >= 0.6 is 0 Å². The van der Waals surface area contributed by atoms with E-state index in [2.05, 4.69) is 108 Å². The van der Waals surface area contributed by atoms with E-state index in [4.69, 9.17) is 0 Å². The van der Waals surface area contributed by atoms with Gasteiger partial charge in [-0.2, -0.15) is 0 Å². The molecule has 3 heteroatoms. The van der Waals surface area contributed by atoms with Crippen molar-refractivity contribution in [2.24, 2.45) is 0 Å². The number of halogens is 2. The molecule has 0 radical (unpaired) electrons. The summed E-state index contributed by atoms with van der Waals surface area (Å²) in [4.78, 5) is 0. The molecule has 0 heterocycles. The summed E-state index contributed by atoms with van der Waals surface area (Å²) in [5.41, 5.74) is 12.6. The Kier molecular flexibility index (Phi) is 9.62. The van der Waals surface area contributed by atoms with Crippen molar-refractivity contribution >= 4 is 15.4 Å². The fraction of sp³-hybridized carbons (Fsp3) is 0.432. The van der Waals surface area contributed by atoms with Gasteiger partial charge in [0.1, 0.15) is 0 Å². The Hall–Kier alpha value is -1.27. The topological polar surface area (TPSA) is 0 Å². The molecule has 40 heavy (non-hydrogen) atoms. The number of fused-ring (bicyclic) bond motifs is 5. The molecule has 210 valence electrons. The van der Waals surface area contributed by atoms with E-state index in [1.165, 1.54) is 78.3 Å². The second-order valence-electron chi connectivity index (χ2n) is 13.1. The van der Waals surface area contributed by atoms with E-state index >= 15 is 0 Å². The van der Waals surface area contributed by atoms with Crippen molar-refractivity contribution < 1.29 is 46.1 Å². The minimum absolute atomic E-state index is 0. The first-order chi connectivity index (χ1) is 18.2. The predicted octanol–water partition coefficient (Wildman–Crippen LogP) is 4.39. The Labute approximate surface area is 263 Å². The van der Waals surface area contributed by atoms with E-state index in [1.54, 1.807) is 11.1 Å². The molecule has 2 aromatic carbocycles. The van der Waals surface area contributed by atoms with Gasteiger partial charge in [0.25, 0.3) is 0 Å². The van der Waals surface area contributed by atoms with Crippen molar-refractivity contribution in [1.82, 2.24) is 0 Å². The van der Waals surface area contributed by atoms with Crippen molar-refractivity contribution in [3.63, 3.8) is 0 Å². The zero-order valence-corrected chi connectivity index (χ0v) is 29.1. The monoisotopic (exact) mass is 648 g/mol. The first-order valence-corrected chi connectivity index (χ1v) is 19.0. The molecule has 0 aliphatic heterocycles. The SMILES string of the molecule is CCCC[C](CCCC)=[Zr+2]([C]1=CC=CC1)[CH]1c2cc3c(cc2-c2cc4c(cc21)C(C)(C)C=C4)C=CC3(C)C.[Cl-].[Cl-]. The normalized spacial score (nSPS) is 17.8. The van der Waals surface area contributed by atoms with Crippen LogP contribution in [-0.4, -0.2) is 3.21 Å². The molecule has 0 amide bonds. The van der Waals surface area contributed by atoms with Crippen LogP contribution < -0.4 is 24.8 Å². The maximum atomic E-state index is 2.67. The van der Waals surface area contributed by atoms with Crippen molar-refractivity contribution in [2.75, 3.05) is 0 Å². The second kappa shape index (κ2) is 12.2. The summed E-state index contributed by atoms with van der Waals surface area (Å²) in [5.74, 6) is 0. The largest absolute Gasteiger partial charge is 1.00 e. The Morgan fingerprint density at radius 3 is 1.70 bits per heavy atom. The molecule has 0 saturated carbocycles. The maximum absolute atomic E-state index is 2.67. The molecule has 6 rings (SSSR count). The van der Waals surface area contributed by atoms with E-state index in [0.717, 1.165) is 0 Å². The van der Waals surface area contributed by atoms with Gasteiger partial charge in [-0.05, 0) is 0 Å². The van der Waals surface area contributed by atoms with Crippen LogP contribution in [-0.2, 0) is 32.1 Å². The fourth-order valence-electron chi connectivity index (χ4n) is 7.29. The number of rotatable bonds is 8. The van der Waals surface area contributed by atoms with E-state index in [9.17, 15) is 0 Å². The summed E-state index contributed by atoms with van der Waals surface area (Å²) in [6.45, 7) is 14.3. The van der Waals surface area contributed by atoms with Gasteiger partial charge < -0.3 is 24.8 Å². The molecule has 4 aliphatic rings. The number of allylic oxidation sites excluding steroid dienone is 6. The third kappa shape index (κ3) is 5.34. The zero-order chi connectivity index (χ0) is 26.7. The number of benzene rings is 2. The van der Waals surface area contributed by atoms with E-state index in [1.807, 2.05) is 6.49 Å². The number of unbranched alkanes of at least 4 members (excludes halogenated alkanes) is 2. The molecule has 4 aliphatic carbocycles. The maximum Gasteiger partial charge on any atom is -1.00 e. The van der Waals surface area contributed by atoms with Crippen molar-refractivity contribution in [1.29, 1.82) is 0 Å². The van der Waals surface area contributed by atoms with Gasteiger partial charge in [-0.3, -0.25) is 0 Å². The fourth-order valence-corrected chi connectivity index (χ4v) is 16.7. The second-order valence-corrected chi connectivity index (χ2v) is 19.9. The molecular weight excluding hydrogens is 607 g/mol. The van der Waals surface area contributed by atoms with Gasteiger partial charge in [0.15, 0.2) is 0 Å². The summed E-state index contributed by atoms with van der Waals surface area (Å²) in [7, 11) is 0. The van der Waals surface area contributed by atoms with Gasteiger partial charge in [0.05, 0.1) is 0 Å². The van der Waals surface area contributed by atoms with Crippen LogP contribution in [0.25, 0.3) is 23.3 Å². The van der Waals surface area contributed by atoms with E-state index < -0.39 is 21.3 Å². The third-order valence-corrected chi connectivity index (χ3v) is 18.2. The first-order valence-electron chi connectivity index (χ1n) is 15.1. The molecule has 0 aromatic heterocycles. The van der Waals surface area contributed by atoms with Crippen LogP contribution in [0.4, 0.5) is 0 Å². The molecule has 0 spiro atoms. The molecule has 0 nitrogen and oxygen atoms in total. The van der Waals surface area contributed by atoms with Crippen LogP contribution in [0.15, 0.2) is 57.9 Å². The average Bonchev–Trinajstić information content (AvgIpc) is 3.65. The van der Waals surface area contributed by atoms with Crippen LogP contribution in [0.3, 0.4) is 0 Å². The summed E-state index contributed by atoms with van der Waals surface area (Å²) < 4.78 is 4.42. The Bertz CT molecular complexity index is 1370. The smallest absolute Gasteiger partial charge is 1.00 e. The van der Waals surface area contributed by atoms with Gasteiger partial charge >= 0.3 is 240 Å². The van der Waals surface area contributed by atoms with Gasteiger partial charge in [-0.15, -0.1) is 0 Å². The van der Waals surface area contributed by atoms with Gasteiger partial charge in [-0.25, -0.2) is 0 Å². The molecule has 0 N–H and O–H groups in total. The number of hydrogen-bond acceptors (Lipinski definition) is 0. The van der Waals surface area contributed by atoms with Gasteiger partial charge in [0.2, 0.25) is 0 Å². The van der Waals surface area contributed by atoms with Crippen LogP contribution in [0.5, 0.6) is 0 Å². The van der Waals surface area contributed by atoms with Crippen LogP contribution in [0, 0.1) is 0 Å². The quantitative estimate of drug-likeness (QED) is 0.398. The van der Waals surface area contributed by atoms with Crippen molar-refractivity contribution in [3.8, 4) is 11.1 Å². The Morgan fingerprint density at radius 1 is 0.775 bits per heavy atom. The zero-order valence-electron chi connectivity index (χ0n) is 25.1. The Morgan fingerprint density at radius 2 is 1.27 bits per heavy atom. The summed E-state index contributed by atoms with van der Waals surface area (Å²) >= 11 is -2.26. The minimum atomic E-state index is -2.26. The summed E-state index contributed by atoms with van der Waals surface area (Å²) in [6.07, 6.45) is 26.1. The van der Waals surface area contributed by atoms with Crippen molar-refractivity contribution in [2.45, 2.75) is 101 Å². The predicted molar refractivity (Wildman–Crippen MR) is 164 cm³/mol. The molecule has 0 bridgehead atoms.